The highest BCUT2D eigenvalue weighted by Gasteiger charge is 2.69. The number of aromatic amines is 1. The van der Waals surface area contributed by atoms with Gasteiger partial charge < -0.3 is 9.88 Å². The Morgan fingerprint density at radius 1 is 1.00 bits per heavy atom. The first-order chi connectivity index (χ1) is 17.4. The van der Waals surface area contributed by atoms with E-state index in [1.165, 1.54) is 16.2 Å². The van der Waals surface area contributed by atoms with Crippen LogP contribution >= 0.6 is 34.7 Å². The maximum atomic E-state index is 13.7. The minimum atomic E-state index is -0.370. The Hall–Kier alpha value is -2.10. The van der Waals surface area contributed by atoms with E-state index in [2.05, 4.69) is 4.98 Å². The molecule has 2 aromatic rings. The number of hydrogen-bond acceptors (Lipinski definition) is 6. The predicted octanol–water partition coefficient (Wildman–Crippen LogP) is 3.58. The van der Waals surface area contributed by atoms with E-state index in [1.807, 2.05) is 24.3 Å². The Balaban J connectivity index is 1.22. The van der Waals surface area contributed by atoms with Crippen LogP contribution < -0.4 is 4.87 Å². The van der Waals surface area contributed by atoms with Crippen molar-refractivity contribution in [1.82, 2.24) is 14.8 Å². The number of aromatic nitrogens is 1. The van der Waals surface area contributed by atoms with Crippen molar-refractivity contribution < 1.29 is 14.4 Å². The summed E-state index contributed by atoms with van der Waals surface area (Å²) in [4.78, 5) is 59.6. The quantitative estimate of drug-likeness (QED) is 0.598. The van der Waals surface area contributed by atoms with E-state index >= 15 is 0 Å². The second-order valence-electron chi connectivity index (χ2n) is 10.7. The number of thiazole rings is 1. The molecule has 3 amide bonds. The van der Waals surface area contributed by atoms with Gasteiger partial charge in [0.1, 0.15) is 6.54 Å². The fourth-order valence-corrected chi connectivity index (χ4v) is 10.7. The Labute approximate surface area is 221 Å². The molecule has 10 heteroatoms. The summed E-state index contributed by atoms with van der Waals surface area (Å²) in [5.74, 6) is -0.944. The van der Waals surface area contributed by atoms with Gasteiger partial charge in [0.2, 0.25) is 17.7 Å². The van der Waals surface area contributed by atoms with Gasteiger partial charge in [-0.3, -0.25) is 24.1 Å². The molecule has 2 saturated carbocycles. The molecule has 4 fully saturated rings. The average molecular weight is 544 g/mol. The lowest BCUT2D eigenvalue weighted by Gasteiger charge is -2.43. The molecule has 1 N–H and O–H groups in total. The summed E-state index contributed by atoms with van der Waals surface area (Å²) in [5.41, 5.74) is 1.09. The lowest BCUT2D eigenvalue weighted by Crippen LogP contribution is -2.45. The van der Waals surface area contributed by atoms with Gasteiger partial charge in [-0.1, -0.05) is 35.1 Å². The van der Waals surface area contributed by atoms with Crippen molar-refractivity contribution in [3.05, 3.63) is 49.4 Å². The standard InChI is InChI=1S/C26H26ClN3O4S2/c27-13-6-4-12(5-7-13)17-18-14-10-15(21(18)35-23-22(17)36-26(34)28-23)20-19(14)24(32)30(25(20)33)11-16(31)29-8-2-1-3-9-29/h4-7,14-15,17-21H,1-3,8-11H2,(H,28,34). The number of nitrogens with zero attached hydrogens (tertiary/aromatic N) is 2. The Bertz CT molecular complexity index is 1320. The number of halogens is 1. The maximum Gasteiger partial charge on any atom is 0.305 e. The number of likely N-dealkylation sites (tertiary alicyclic amines) is 2. The van der Waals surface area contributed by atoms with Crippen LogP contribution in [0.15, 0.2) is 34.1 Å². The highest BCUT2D eigenvalue weighted by Crippen LogP contribution is 2.68. The van der Waals surface area contributed by atoms with Gasteiger partial charge in [0.15, 0.2) is 0 Å². The van der Waals surface area contributed by atoms with Crippen molar-refractivity contribution in [1.29, 1.82) is 0 Å². The molecular weight excluding hydrogens is 518 g/mol. The van der Waals surface area contributed by atoms with E-state index in [0.29, 0.717) is 18.1 Å². The number of nitrogens with one attached hydrogen (secondary N) is 1. The Morgan fingerprint density at radius 3 is 2.42 bits per heavy atom. The third kappa shape index (κ3) is 3.31. The largest absolute Gasteiger partial charge is 0.341 e. The summed E-state index contributed by atoms with van der Waals surface area (Å²) in [7, 11) is 0. The molecule has 7 nitrogen and oxygen atoms in total. The van der Waals surface area contributed by atoms with Crippen LogP contribution in [0.2, 0.25) is 5.02 Å². The molecule has 5 aliphatic rings. The number of amides is 3. The van der Waals surface area contributed by atoms with Crippen LogP contribution in [-0.2, 0) is 14.4 Å². The fourth-order valence-electron chi connectivity index (χ4n) is 7.66. The number of hydrogen-bond donors (Lipinski definition) is 1. The molecule has 0 radical (unpaired) electrons. The minimum absolute atomic E-state index is 0.0182. The molecule has 36 heavy (non-hydrogen) atoms. The normalized spacial score (nSPS) is 34.6. The number of carbonyl (C=O) groups is 3. The molecule has 2 saturated heterocycles. The van der Waals surface area contributed by atoms with E-state index in [4.69, 9.17) is 11.6 Å². The average Bonchev–Trinajstić information content (AvgIpc) is 3.61. The molecule has 4 heterocycles. The predicted molar refractivity (Wildman–Crippen MR) is 137 cm³/mol. The zero-order valence-electron chi connectivity index (χ0n) is 19.5. The highest BCUT2D eigenvalue weighted by molar-refractivity contribution is 8.00. The van der Waals surface area contributed by atoms with Gasteiger partial charge >= 0.3 is 4.87 Å². The zero-order valence-corrected chi connectivity index (χ0v) is 21.9. The number of carbonyl (C=O) groups excluding carboxylic acids is 3. The number of thioether (sulfide) groups is 1. The van der Waals surface area contributed by atoms with Crippen molar-refractivity contribution >= 4 is 52.4 Å². The van der Waals surface area contributed by atoms with E-state index in [-0.39, 0.29) is 69.9 Å². The first-order valence-electron chi connectivity index (χ1n) is 12.7. The smallest absolute Gasteiger partial charge is 0.305 e. The van der Waals surface area contributed by atoms with Crippen LogP contribution in [0.1, 0.15) is 42.0 Å². The number of fused-ring (bicyclic) bond motifs is 9. The van der Waals surface area contributed by atoms with Crippen LogP contribution in [-0.4, -0.2) is 57.4 Å². The first kappa shape index (κ1) is 23.0. The van der Waals surface area contributed by atoms with E-state index in [9.17, 15) is 19.2 Å². The van der Waals surface area contributed by atoms with Crippen molar-refractivity contribution in [3.63, 3.8) is 0 Å². The topological polar surface area (TPSA) is 90.5 Å². The highest BCUT2D eigenvalue weighted by atomic mass is 35.5. The molecule has 188 valence electrons. The Kier molecular flexibility index (Phi) is 5.42. The van der Waals surface area contributed by atoms with E-state index in [0.717, 1.165) is 41.1 Å². The molecular formula is C26H26ClN3O4S2. The summed E-state index contributed by atoms with van der Waals surface area (Å²) in [6.45, 7) is 1.28. The van der Waals surface area contributed by atoms with Crippen molar-refractivity contribution in [2.75, 3.05) is 19.6 Å². The lowest BCUT2D eigenvalue weighted by atomic mass is 9.68. The third-order valence-corrected chi connectivity index (χ3v) is 11.9. The van der Waals surface area contributed by atoms with Crippen molar-refractivity contribution in [2.45, 2.75) is 41.9 Å². The number of imide groups is 1. The molecule has 7 atom stereocenters. The zero-order chi connectivity index (χ0) is 24.7. The van der Waals surface area contributed by atoms with Crippen LogP contribution in [0.5, 0.6) is 0 Å². The monoisotopic (exact) mass is 543 g/mol. The van der Waals surface area contributed by atoms with Gasteiger partial charge in [0.25, 0.3) is 0 Å². The van der Waals surface area contributed by atoms with Gasteiger partial charge in [-0.15, -0.1) is 11.8 Å². The molecule has 7 rings (SSSR count). The number of piperidine rings is 1. The summed E-state index contributed by atoms with van der Waals surface area (Å²) in [5, 5.41) is 1.69. The number of H-pyrrole nitrogens is 1. The summed E-state index contributed by atoms with van der Waals surface area (Å²) < 4.78 is 0. The van der Waals surface area contributed by atoms with Crippen LogP contribution in [0, 0.1) is 29.6 Å². The first-order valence-corrected chi connectivity index (χ1v) is 14.8. The molecule has 2 aliphatic carbocycles. The van der Waals surface area contributed by atoms with E-state index in [1.54, 1.807) is 16.7 Å². The molecule has 1 aromatic heterocycles. The lowest BCUT2D eigenvalue weighted by molar-refractivity contribution is -0.147. The van der Waals surface area contributed by atoms with Crippen LogP contribution in [0.3, 0.4) is 0 Å². The SMILES string of the molecule is O=C(CN1C(=O)C2C3CC(C2C1=O)C1C(c2ccc(Cl)cc2)c2sc(=O)[nH]c2SC31)N1CCCCC1. The fraction of sp³-hybridized carbons (Fsp3) is 0.538. The van der Waals surface area contributed by atoms with Crippen LogP contribution in [0.25, 0.3) is 0 Å². The second-order valence-corrected chi connectivity index (χ2v) is 13.4. The number of benzene rings is 1. The number of rotatable bonds is 3. The molecule has 3 aliphatic heterocycles. The maximum absolute atomic E-state index is 13.7. The van der Waals surface area contributed by atoms with Crippen molar-refractivity contribution in [2.24, 2.45) is 29.6 Å². The van der Waals surface area contributed by atoms with Crippen molar-refractivity contribution in [3.8, 4) is 0 Å². The van der Waals surface area contributed by atoms with Gasteiger partial charge in [0, 0.05) is 34.2 Å². The third-order valence-electron chi connectivity index (χ3n) is 9.05. The summed E-state index contributed by atoms with van der Waals surface area (Å²) >= 11 is 9.10. The van der Waals surface area contributed by atoms with Gasteiger partial charge in [-0.2, -0.15) is 0 Å². The molecule has 2 bridgehead atoms. The van der Waals surface area contributed by atoms with Crippen LogP contribution in [0.4, 0.5) is 0 Å². The second kappa shape index (κ2) is 8.46. The van der Waals surface area contributed by atoms with Gasteiger partial charge in [-0.05, 0) is 61.1 Å². The Morgan fingerprint density at radius 2 is 1.69 bits per heavy atom. The van der Waals surface area contributed by atoms with E-state index < -0.39 is 0 Å². The minimum Gasteiger partial charge on any atom is -0.341 e. The van der Waals surface area contributed by atoms with Gasteiger partial charge in [0.05, 0.1) is 16.9 Å². The van der Waals surface area contributed by atoms with Gasteiger partial charge in [-0.25, -0.2) is 0 Å². The molecule has 7 unspecified atom stereocenters. The summed E-state index contributed by atoms with van der Waals surface area (Å²) in [6, 6.07) is 7.78. The summed E-state index contributed by atoms with van der Waals surface area (Å²) in [6.07, 6.45) is 3.90. The molecule has 0 spiro atoms. The molecule has 1 aromatic carbocycles.